The first-order valence-electron chi connectivity index (χ1n) is 6.79. The maximum absolute atomic E-state index is 5.45. The highest BCUT2D eigenvalue weighted by molar-refractivity contribution is 5.34. The van der Waals surface area contributed by atoms with E-state index in [2.05, 4.69) is 44.7 Å². The van der Waals surface area contributed by atoms with Crippen LogP contribution in [0.2, 0.25) is 0 Å². The summed E-state index contributed by atoms with van der Waals surface area (Å²) < 4.78 is 5.45. The lowest BCUT2D eigenvalue weighted by Gasteiger charge is -2.11. The minimum absolute atomic E-state index is 0.00374. The molecule has 8 nitrogen and oxygen atoms in total. The average molecular weight is 283 g/mol. The molecule has 0 aromatic carbocycles. The van der Waals surface area contributed by atoms with Crippen molar-refractivity contribution >= 4 is 11.9 Å². The van der Waals surface area contributed by atoms with Crippen molar-refractivity contribution < 1.29 is 4.74 Å². The Morgan fingerprint density at radius 3 is 2.45 bits per heavy atom. The van der Waals surface area contributed by atoms with E-state index in [0.717, 1.165) is 25.9 Å². The molecule has 0 unspecified atom stereocenters. The second-order valence-electron chi connectivity index (χ2n) is 5.01. The zero-order chi connectivity index (χ0) is 15.0. The fraction of sp³-hybridized carbons (Fsp3) is 0.750. The van der Waals surface area contributed by atoms with Crippen LogP contribution in [0, 0.1) is 0 Å². The van der Waals surface area contributed by atoms with Crippen molar-refractivity contribution in [2.45, 2.75) is 32.8 Å². The number of nitrogen functional groups attached to an aromatic ring is 1. The lowest BCUT2D eigenvalue weighted by Crippen LogP contribution is -2.17. The zero-order valence-corrected chi connectivity index (χ0v) is 12.7. The van der Waals surface area contributed by atoms with Crippen molar-refractivity contribution in [1.29, 1.82) is 0 Å². The summed E-state index contributed by atoms with van der Waals surface area (Å²) in [5.41, 5.74) is 2.41. The van der Waals surface area contributed by atoms with Crippen LogP contribution in [0.4, 0.5) is 11.9 Å². The number of hydrogen-bond acceptors (Lipinski definition) is 8. The van der Waals surface area contributed by atoms with Crippen LogP contribution in [-0.2, 0) is 0 Å². The molecular weight excluding hydrogens is 258 g/mol. The van der Waals surface area contributed by atoms with Gasteiger partial charge in [0.15, 0.2) is 0 Å². The molecule has 0 aliphatic carbocycles. The van der Waals surface area contributed by atoms with Crippen molar-refractivity contribution in [2.24, 2.45) is 5.84 Å². The predicted octanol–water partition coefficient (Wildman–Crippen LogP) is 0.698. The van der Waals surface area contributed by atoms with Crippen LogP contribution >= 0.6 is 0 Å². The van der Waals surface area contributed by atoms with Crippen molar-refractivity contribution in [3.8, 4) is 6.01 Å². The van der Waals surface area contributed by atoms with Gasteiger partial charge in [-0.1, -0.05) is 0 Å². The van der Waals surface area contributed by atoms with Gasteiger partial charge in [0, 0.05) is 6.54 Å². The van der Waals surface area contributed by atoms with E-state index in [1.807, 2.05) is 13.8 Å². The fourth-order valence-electron chi connectivity index (χ4n) is 1.52. The van der Waals surface area contributed by atoms with Gasteiger partial charge < -0.3 is 15.0 Å². The highest BCUT2D eigenvalue weighted by atomic mass is 16.5. The van der Waals surface area contributed by atoms with Crippen molar-refractivity contribution in [3.63, 3.8) is 0 Å². The van der Waals surface area contributed by atoms with Gasteiger partial charge >= 0.3 is 6.01 Å². The normalized spacial score (nSPS) is 10.9. The molecule has 4 N–H and O–H groups in total. The Labute approximate surface area is 120 Å². The summed E-state index contributed by atoms with van der Waals surface area (Å²) >= 11 is 0. The van der Waals surface area contributed by atoms with Crippen LogP contribution < -0.4 is 21.3 Å². The summed E-state index contributed by atoms with van der Waals surface area (Å²) in [5, 5.41) is 3.15. The molecule has 0 radical (unpaired) electrons. The maximum atomic E-state index is 5.45. The third-order valence-electron chi connectivity index (χ3n) is 2.40. The minimum Gasteiger partial charge on any atom is -0.461 e. The monoisotopic (exact) mass is 283 g/mol. The molecule has 114 valence electrons. The van der Waals surface area contributed by atoms with E-state index in [1.165, 1.54) is 0 Å². The lowest BCUT2D eigenvalue weighted by atomic mass is 10.3. The Bertz CT molecular complexity index is 397. The van der Waals surface area contributed by atoms with Crippen LogP contribution in [0.15, 0.2) is 0 Å². The first-order chi connectivity index (χ1) is 9.51. The molecule has 0 aliphatic rings. The molecule has 0 saturated heterocycles. The first kappa shape index (κ1) is 16.4. The van der Waals surface area contributed by atoms with Crippen LogP contribution in [0.3, 0.4) is 0 Å². The van der Waals surface area contributed by atoms with E-state index in [-0.39, 0.29) is 18.1 Å². The molecule has 0 amide bonds. The largest absolute Gasteiger partial charge is 0.461 e. The fourth-order valence-corrected chi connectivity index (χ4v) is 1.52. The Morgan fingerprint density at radius 1 is 1.15 bits per heavy atom. The predicted molar refractivity (Wildman–Crippen MR) is 79.7 cm³/mol. The third-order valence-corrected chi connectivity index (χ3v) is 2.40. The number of nitrogens with zero attached hydrogens (tertiary/aromatic N) is 4. The number of hydrogen-bond donors (Lipinski definition) is 3. The molecule has 1 aromatic heterocycles. The molecule has 0 saturated carbocycles. The van der Waals surface area contributed by atoms with Gasteiger partial charge in [-0.05, 0) is 47.3 Å². The van der Waals surface area contributed by atoms with Crippen LogP contribution in [0.25, 0.3) is 0 Å². The van der Waals surface area contributed by atoms with Gasteiger partial charge in [0.05, 0.1) is 6.10 Å². The molecule has 1 heterocycles. The maximum Gasteiger partial charge on any atom is 0.323 e. The summed E-state index contributed by atoms with van der Waals surface area (Å²) in [7, 11) is 4.13. The molecule has 0 aliphatic heterocycles. The van der Waals surface area contributed by atoms with Gasteiger partial charge in [0.1, 0.15) is 0 Å². The molecule has 0 fully saturated rings. The Morgan fingerprint density at radius 2 is 1.85 bits per heavy atom. The quantitative estimate of drug-likeness (QED) is 0.346. The standard InChI is InChI=1S/C12H25N7O/c1-9(2)20-12-16-10(15-11(17-12)18-13)14-7-5-6-8-19(3)4/h9H,5-8,13H2,1-4H3,(H2,14,15,16,17,18). The first-order valence-corrected chi connectivity index (χ1v) is 6.79. The number of anilines is 2. The third kappa shape index (κ3) is 6.48. The summed E-state index contributed by atoms with van der Waals surface area (Å²) in [4.78, 5) is 14.5. The lowest BCUT2D eigenvalue weighted by molar-refractivity contribution is 0.222. The molecule has 20 heavy (non-hydrogen) atoms. The second-order valence-corrected chi connectivity index (χ2v) is 5.01. The molecule has 1 aromatic rings. The number of nitrogens with one attached hydrogen (secondary N) is 2. The number of ether oxygens (including phenoxy) is 1. The topological polar surface area (TPSA) is 101 Å². The van der Waals surface area contributed by atoms with Gasteiger partial charge in [-0.15, -0.1) is 0 Å². The number of aromatic nitrogens is 3. The van der Waals surface area contributed by atoms with Gasteiger partial charge in [0.25, 0.3) is 0 Å². The number of rotatable bonds is 9. The zero-order valence-electron chi connectivity index (χ0n) is 12.7. The summed E-state index contributed by atoms with van der Waals surface area (Å²) in [6.07, 6.45) is 2.15. The molecule has 0 atom stereocenters. The minimum atomic E-state index is -0.00374. The van der Waals surface area contributed by atoms with E-state index in [4.69, 9.17) is 10.6 Å². The highest BCUT2D eigenvalue weighted by Crippen LogP contribution is 2.11. The Kier molecular flexibility index (Phi) is 6.96. The number of nitrogens with two attached hydrogens (primary N) is 1. The van der Waals surface area contributed by atoms with Gasteiger partial charge in [0.2, 0.25) is 11.9 Å². The van der Waals surface area contributed by atoms with Crippen molar-refractivity contribution in [2.75, 3.05) is 37.9 Å². The van der Waals surface area contributed by atoms with Crippen LogP contribution in [-0.4, -0.2) is 53.1 Å². The summed E-state index contributed by atoms with van der Waals surface area (Å²) in [6, 6.07) is 0.263. The van der Waals surface area contributed by atoms with E-state index >= 15 is 0 Å². The molecule has 1 rings (SSSR count). The Hall–Kier alpha value is -1.67. The van der Waals surface area contributed by atoms with E-state index in [1.54, 1.807) is 0 Å². The molecule has 0 bridgehead atoms. The van der Waals surface area contributed by atoms with Gasteiger partial charge in [-0.3, -0.25) is 5.43 Å². The molecular formula is C12H25N7O. The second kappa shape index (κ2) is 8.49. The van der Waals surface area contributed by atoms with Gasteiger partial charge in [-0.2, -0.15) is 15.0 Å². The molecule has 0 spiro atoms. The SMILES string of the molecule is CC(C)Oc1nc(NN)nc(NCCCCN(C)C)n1. The summed E-state index contributed by atoms with van der Waals surface area (Å²) in [6.45, 7) is 5.68. The van der Waals surface area contributed by atoms with E-state index < -0.39 is 0 Å². The smallest absolute Gasteiger partial charge is 0.323 e. The highest BCUT2D eigenvalue weighted by Gasteiger charge is 2.08. The Balaban J connectivity index is 2.51. The average Bonchev–Trinajstić information content (AvgIpc) is 2.36. The number of unbranched alkanes of at least 4 members (excludes halogenated alkanes) is 1. The van der Waals surface area contributed by atoms with Crippen molar-refractivity contribution in [3.05, 3.63) is 0 Å². The van der Waals surface area contributed by atoms with Crippen LogP contribution in [0.1, 0.15) is 26.7 Å². The van der Waals surface area contributed by atoms with E-state index in [9.17, 15) is 0 Å². The number of hydrazine groups is 1. The van der Waals surface area contributed by atoms with Gasteiger partial charge in [-0.25, -0.2) is 5.84 Å². The van der Waals surface area contributed by atoms with Crippen molar-refractivity contribution in [1.82, 2.24) is 19.9 Å². The summed E-state index contributed by atoms with van der Waals surface area (Å²) in [5.74, 6) is 6.09. The van der Waals surface area contributed by atoms with E-state index in [0.29, 0.717) is 5.95 Å². The van der Waals surface area contributed by atoms with Crippen LogP contribution in [0.5, 0.6) is 6.01 Å². The molecule has 8 heteroatoms.